The maximum atomic E-state index is 13.2. The topological polar surface area (TPSA) is 108 Å². The van der Waals surface area contributed by atoms with Crippen LogP contribution >= 0.6 is 11.8 Å². The van der Waals surface area contributed by atoms with E-state index in [0.29, 0.717) is 17.3 Å². The summed E-state index contributed by atoms with van der Waals surface area (Å²) in [6.07, 6.45) is 0. The van der Waals surface area contributed by atoms with E-state index in [2.05, 4.69) is 20.2 Å². The van der Waals surface area contributed by atoms with Crippen molar-refractivity contribution in [2.45, 2.75) is 17.8 Å². The van der Waals surface area contributed by atoms with Crippen molar-refractivity contribution in [2.75, 3.05) is 0 Å². The molecule has 9 heteroatoms. The highest BCUT2D eigenvalue weighted by Crippen LogP contribution is 2.25. The van der Waals surface area contributed by atoms with Gasteiger partial charge in [0.15, 0.2) is 5.16 Å². The van der Waals surface area contributed by atoms with Crippen molar-refractivity contribution >= 4 is 11.8 Å². The number of nitriles is 1. The summed E-state index contributed by atoms with van der Waals surface area (Å²) in [6, 6.07) is 15.0. The van der Waals surface area contributed by atoms with Gasteiger partial charge in [0, 0.05) is 11.1 Å². The zero-order chi connectivity index (χ0) is 21.1. The van der Waals surface area contributed by atoms with E-state index in [1.54, 1.807) is 0 Å². The molecule has 30 heavy (non-hydrogen) atoms. The summed E-state index contributed by atoms with van der Waals surface area (Å²) in [5.41, 5.74) is 1.90. The summed E-state index contributed by atoms with van der Waals surface area (Å²) in [5, 5.41) is 17.7. The number of nitrogens with zero attached hydrogens (tertiary/aromatic N) is 4. The predicted molar refractivity (Wildman–Crippen MR) is 109 cm³/mol. The Kier molecular flexibility index (Phi) is 5.41. The maximum absolute atomic E-state index is 13.2. The number of aromatic amines is 1. The third-order valence-corrected chi connectivity index (χ3v) is 5.08. The Bertz CT molecular complexity index is 1290. The van der Waals surface area contributed by atoms with E-state index in [1.807, 2.05) is 37.3 Å². The fourth-order valence-electron chi connectivity index (χ4n) is 2.70. The third-order valence-electron chi connectivity index (χ3n) is 4.22. The molecule has 0 saturated heterocycles. The molecule has 0 aliphatic carbocycles. The van der Waals surface area contributed by atoms with Crippen LogP contribution in [0.5, 0.6) is 0 Å². The molecule has 2 aromatic carbocycles. The van der Waals surface area contributed by atoms with E-state index in [9.17, 15) is 14.4 Å². The summed E-state index contributed by atoms with van der Waals surface area (Å²) < 4.78 is 18.9. The van der Waals surface area contributed by atoms with Gasteiger partial charge in [-0.15, -0.1) is 10.2 Å². The first-order valence-electron chi connectivity index (χ1n) is 8.86. The van der Waals surface area contributed by atoms with Gasteiger partial charge in [-0.25, -0.2) is 9.37 Å². The molecular formula is C21H14FN5O2S. The number of hydrogen-bond donors (Lipinski definition) is 1. The lowest BCUT2D eigenvalue weighted by molar-refractivity contribution is 0.528. The molecule has 4 aromatic rings. The van der Waals surface area contributed by atoms with Gasteiger partial charge in [0.05, 0.1) is 11.4 Å². The summed E-state index contributed by atoms with van der Waals surface area (Å²) in [6.45, 7) is 1.99. The fourth-order valence-corrected chi connectivity index (χ4v) is 3.39. The zero-order valence-corrected chi connectivity index (χ0v) is 16.5. The first-order valence-corrected chi connectivity index (χ1v) is 9.84. The number of aromatic nitrogens is 4. The van der Waals surface area contributed by atoms with Gasteiger partial charge in [0.2, 0.25) is 11.8 Å². The Hall–Kier alpha value is -3.77. The molecule has 148 valence electrons. The van der Waals surface area contributed by atoms with Crippen molar-refractivity contribution < 1.29 is 8.81 Å². The SMILES string of the molecule is Cc1ccc(-c2nnc(CSc3nc(-c4ccc(F)cc4)c(C#N)c(=O)[nH]3)o2)cc1. The molecule has 0 aliphatic heterocycles. The molecule has 2 heterocycles. The first kappa shape index (κ1) is 19.5. The van der Waals surface area contributed by atoms with Crippen LogP contribution < -0.4 is 5.56 Å². The molecule has 4 rings (SSSR count). The lowest BCUT2D eigenvalue weighted by Gasteiger charge is -2.05. The molecule has 0 aliphatic rings. The Morgan fingerprint density at radius 1 is 1.10 bits per heavy atom. The van der Waals surface area contributed by atoms with Crippen molar-refractivity contribution in [1.82, 2.24) is 20.2 Å². The number of H-pyrrole nitrogens is 1. The van der Waals surface area contributed by atoms with Crippen LogP contribution in [0, 0.1) is 24.1 Å². The third kappa shape index (κ3) is 4.14. The Labute approximate surface area is 174 Å². The lowest BCUT2D eigenvalue weighted by Crippen LogP contribution is -2.14. The average molecular weight is 419 g/mol. The van der Waals surface area contributed by atoms with E-state index >= 15 is 0 Å². The molecule has 1 N–H and O–H groups in total. The predicted octanol–water partition coefficient (Wildman–Crippen LogP) is 4.10. The Morgan fingerprint density at radius 3 is 2.50 bits per heavy atom. The van der Waals surface area contributed by atoms with Crippen molar-refractivity contribution in [2.24, 2.45) is 0 Å². The second kappa shape index (κ2) is 8.31. The van der Waals surface area contributed by atoms with Crippen LogP contribution in [0.1, 0.15) is 17.0 Å². The van der Waals surface area contributed by atoms with Gasteiger partial charge >= 0.3 is 0 Å². The number of thioether (sulfide) groups is 1. The molecule has 7 nitrogen and oxygen atoms in total. The highest BCUT2D eigenvalue weighted by molar-refractivity contribution is 7.98. The average Bonchev–Trinajstić information content (AvgIpc) is 3.22. The summed E-state index contributed by atoms with van der Waals surface area (Å²) in [5.74, 6) is 0.624. The molecule has 0 saturated carbocycles. The summed E-state index contributed by atoms with van der Waals surface area (Å²) in [7, 11) is 0. The molecule has 0 bridgehead atoms. The molecule has 0 spiro atoms. The zero-order valence-electron chi connectivity index (χ0n) is 15.7. The van der Waals surface area contributed by atoms with Crippen LogP contribution in [0.15, 0.2) is 62.9 Å². The second-order valence-corrected chi connectivity index (χ2v) is 7.33. The largest absolute Gasteiger partial charge is 0.420 e. The number of aryl methyl sites for hydroxylation is 1. The molecule has 0 radical (unpaired) electrons. The van der Waals surface area contributed by atoms with Crippen LogP contribution in [0.3, 0.4) is 0 Å². The highest BCUT2D eigenvalue weighted by atomic mass is 32.2. The van der Waals surface area contributed by atoms with Crippen LogP contribution in [0.4, 0.5) is 4.39 Å². The number of nitrogens with one attached hydrogen (secondary N) is 1. The highest BCUT2D eigenvalue weighted by Gasteiger charge is 2.15. The van der Waals surface area contributed by atoms with Crippen LogP contribution in [0.25, 0.3) is 22.7 Å². The minimum absolute atomic E-state index is 0.134. The molecule has 2 aromatic heterocycles. The standard InChI is InChI=1S/C21H14FN5O2S/c1-12-2-4-14(5-3-12)20-27-26-17(29-20)11-30-21-24-18(16(10-23)19(28)25-21)13-6-8-15(22)9-7-13/h2-9H,11H2,1H3,(H,24,25,28). The minimum Gasteiger partial charge on any atom is -0.420 e. The van der Waals surface area contributed by atoms with Crippen LogP contribution in [0.2, 0.25) is 0 Å². The molecular weight excluding hydrogens is 405 g/mol. The van der Waals surface area contributed by atoms with Gasteiger partial charge in [-0.1, -0.05) is 29.5 Å². The smallest absolute Gasteiger partial charge is 0.270 e. The minimum atomic E-state index is -0.569. The normalized spacial score (nSPS) is 10.7. The van der Waals surface area contributed by atoms with Crippen molar-refractivity contribution in [1.29, 1.82) is 5.26 Å². The van der Waals surface area contributed by atoms with E-state index in [4.69, 9.17) is 4.42 Å². The van der Waals surface area contributed by atoms with E-state index in [1.165, 1.54) is 36.0 Å². The lowest BCUT2D eigenvalue weighted by atomic mass is 10.1. The van der Waals surface area contributed by atoms with Gasteiger partial charge in [-0.2, -0.15) is 5.26 Å². The van der Waals surface area contributed by atoms with Gasteiger partial charge in [-0.05, 0) is 43.3 Å². The molecule has 0 atom stereocenters. The summed E-state index contributed by atoms with van der Waals surface area (Å²) in [4.78, 5) is 19.2. The van der Waals surface area contributed by atoms with Crippen molar-refractivity contribution in [3.63, 3.8) is 0 Å². The van der Waals surface area contributed by atoms with Gasteiger partial charge in [-0.3, -0.25) is 4.79 Å². The quantitative estimate of drug-likeness (QED) is 0.383. The number of hydrogen-bond acceptors (Lipinski definition) is 7. The van der Waals surface area contributed by atoms with Crippen LogP contribution in [-0.2, 0) is 5.75 Å². The monoisotopic (exact) mass is 419 g/mol. The molecule has 0 amide bonds. The molecule has 0 unspecified atom stereocenters. The Morgan fingerprint density at radius 2 is 1.80 bits per heavy atom. The van der Waals surface area contributed by atoms with E-state index < -0.39 is 11.4 Å². The number of rotatable bonds is 5. The van der Waals surface area contributed by atoms with Crippen molar-refractivity contribution in [3.05, 3.63) is 81.7 Å². The van der Waals surface area contributed by atoms with E-state index in [0.717, 1.165) is 11.1 Å². The maximum Gasteiger partial charge on any atom is 0.270 e. The Balaban J connectivity index is 1.57. The van der Waals surface area contributed by atoms with E-state index in [-0.39, 0.29) is 22.2 Å². The number of benzene rings is 2. The molecule has 0 fully saturated rings. The fraction of sp³-hybridized carbons (Fsp3) is 0.0952. The summed E-state index contributed by atoms with van der Waals surface area (Å²) >= 11 is 1.18. The van der Waals surface area contributed by atoms with Gasteiger partial charge < -0.3 is 9.40 Å². The van der Waals surface area contributed by atoms with Crippen LogP contribution in [-0.4, -0.2) is 20.2 Å². The van der Waals surface area contributed by atoms with Gasteiger partial charge in [0.25, 0.3) is 5.56 Å². The number of halogens is 1. The second-order valence-electron chi connectivity index (χ2n) is 6.37. The first-order chi connectivity index (χ1) is 14.5. The van der Waals surface area contributed by atoms with Gasteiger partial charge in [0.1, 0.15) is 17.4 Å². The van der Waals surface area contributed by atoms with Crippen molar-refractivity contribution in [3.8, 4) is 28.8 Å².